The Balaban J connectivity index is 1.99. The van der Waals surface area contributed by atoms with E-state index in [9.17, 15) is 0 Å². The minimum Gasteiger partial charge on any atom is -0.400 e. The van der Waals surface area contributed by atoms with Gasteiger partial charge in [-0.1, -0.05) is 71.9 Å². The molecule has 0 spiro atoms. The van der Waals surface area contributed by atoms with Crippen molar-refractivity contribution in [3.63, 3.8) is 0 Å². The predicted octanol–water partition coefficient (Wildman–Crippen LogP) is 5.06. The third-order valence-corrected chi connectivity index (χ3v) is 10.2. The quantitative estimate of drug-likeness (QED) is 0.547. The van der Waals surface area contributed by atoms with E-state index in [1.54, 1.807) is 0 Å². The van der Waals surface area contributed by atoms with Gasteiger partial charge in [0.15, 0.2) is 0 Å². The summed E-state index contributed by atoms with van der Waals surface area (Å²) in [6, 6.07) is 11.0. The van der Waals surface area contributed by atoms with Crippen LogP contribution in [0.2, 0.25) is 13.1 Å². The second-order valence-electron chi connectivity index (χ2n) is 9.20. The summed E-state index contributed by atoms with van der Waals surface area (Å²) < 4.78 is 12.6. The Morgan fingerprint density at radius 3 is 2.23 bits per heavy atom. The summed E-state index contributed by atoms with van der Waals surface area (Å²) >= 11 is 0. The molecule has 0 radical (unpaired) electrons. The van der Waals surface area contributed by atoms with Gasteiger partial charge in [0, 0.05) is 0 Å². The third-order valence-electron chi connectivity index (χ3n) is 6.46. The van der Waals surface area contributed by atoms with Crippen LogP contribution in [-0.4, -0.2) is 26.4 Å². The van der Waals surface area contributed by atoms with Crippen LogP contribution in [0.3, 0.4) is 0 Å². The van der Waals surface area contributed by atoms with Gasteiger partial charge < -0.3 is 9.31 Å². The maximum Gasteiger partial charge on any atom is 0.486 e. The lowest BCUT2D eigenvalue weighted by atomic mass is 9.85. The largest absolute Gasteiger partial charge is 0.486 e. The van der Waals surface area contributed by atoms with Crippen LogP contribution in [0.25, 0.3) is 0 Å². The highest BCUT2D eigenvalue weighted by molar-refractivity contribution is 6.96. The third kappa shape index (κ3) is 3.78. The van der Waals surface area contributed by atoms with E-state index in [4.69, 9.17) is 9.31 Å². The van der Waals surface area contributed by atoms with Crippen molar-refractivity contribution >= 4 is 20.4 Å². The molecule has 1 aliphatic carbocycles. The molecule has 0 saturated carbocycles. The normalized spacial score (nSPS) is 25.5. The molecule has 26 heavy (non-hydrogen) atoms. The van der Waals surface area contributed by atoms with E-state index in [0.29, 0.717) is 5.92 Å². The lowest BCUT2D eigenvalue weighted by Crippen LogP contribution is -2.46. The smallest absolute Gasteiger partial charge is 0.400 e. The molecule has 1 aromatic rings. The monoisotopic (exact) mass is 368 g/mol. The average Bonchev–Trinajstić information content (AvgIpc) is 2.81. The van der Waals surface area contributed by atoms with Gasteiger partial charge in [-0.25, -0.2) is 0 Å². The van der Waals surface area contributed by atoms with Gasteiger partial charge >= 0.3 is 7.12 Å². The molecule has 1 saturated heterocycles. The molecular weight excluding hydrogens is 335 g/mol. The van der Waals surface area contributed by atoms with E-state index in [1.165, 1.54) is 29.6 Å². The van der Waals surface area contributed by atoms with Gasteiger partial charge in [-0.2, -0.15) is 0 Å². The summed E-state index contributed by atoms with van der Waals surface area (Å²) in [5.41, 5.74) is -0.583. The first-order valence-electron chi connectivity index (χ1n) is 9.93. The minimum absolute atomic E-state index is 0.263. The summed E-state index contributed by atoms with van der Waals surface area (Å²) in [7, 11) is -2.07. The fourth-order valence-electron chi connectivity index (χ4n) is 3.99. The van der Waals surface area contributed by atoms with E-state index < -0.39 is 8.07 Å². The van der Waals surface area contributed by atoms with Gasteiger partial charge in [0.25, 0.3) is 0 Å². The highest BCUT2D eigenvalue weighted by Crippen LogP contribution is 2.39. The lowest BCUT2D eigenvalue weighted by molar-refractivity contribution is 0.00578. The van der Waals surface area contributed by atoms with Gasteiger partial charge in [0.2, 0.25) is 0 Å². The molecule has 0 aromatic heterocycles. The molecule has 0 N–H and O–H groups in total. The van der Waals surface area contributed by atoms with Crippen LogP contribution >= 0.6 is 0 Å². The van der Waals surface area contributed by atoms with Crippen molar-refractivity contribution in [1.29, 1.82) is 0 Å². The van der Waals surface area contributed by atoms with Crippen molar-refractivity contribution < 1.29 is 9.31 Å². The van der Waals surface area contributed by atoms with Crippen molar-refractivity contribution in [3.8, 4) is 0 Å². The molecule has 0 amide bonds. The molecule has 1 unspecified atom stereocenters. The Kier molecular flexibility index (Phi) is 5.40. The zero-order chi connectivity index (χ0) is 19.0. The van der Waals surface area contributed by atoms with E-state index in [1.807, 2.05) is 0 Å². The summed E-state index contributed by atoms with van der Waals surface area (Å²) in [6.07, 6.45) is 8.46. The first-order chi connectivity index (χ1) is 12.1. The summed E-state index contributed by atoms with van der Waals surface area (Å²) in [6.45, 7) is 13.4. The Bertz CT molecular complexity index is 675. The summed E-state index contributed by atoms with van der Waals surface area (Å²) in [5, 5.41) is 3.01. The SMILES string of the molecule is CC1(C)OB(/C=C(/C2C=CCCC2)[Si](C)(C)c2ccccc2)OC1(C)C. The van der Waals surface area contributed by atoms with Crippen LogP contribution in [0.15, 0.2) is 53.7 Å². The van der Waals surface area contributed by atoms with Crippen LogP contribution in [0.5, 0.6) is 0 Å². The van der Waals surface area contributed by atoms with Gasteiger partial charge in [-0.05, 0) is 52.9 Å². The average molecular weight is 368 g/mol. The van der Waals surface area contributed by atoms with Crippen LogP contribution < -0.4 is 5.19 Å². The zero-order valence-electron chi connectivity index (χ0n) is 17.2. The standard InChI is InChI=1S/C22H33BO2Si/c1-21(2)22(3,4)25-23(24-21)17-20(18-13-9-7-10-14-18)26(5,6)19-15-11-8-12-16-19/h8-9,11-13,15-18H,7,10,14H2,1-6H3/b20-17-. The molecule has 1 aliphatic heterocycles. The van der Waals surface area contributed by atoms with Gasteiger partial charge in [0.05, 0.1) is 11.2 Å². The number of rotatable bonds is 4. The Morgan fingerprint density at radius 2 is 1.69 bits per heavy atom. The van der Waals surface area contributed by atoms with Crippen LogP contribution in [0.4, 0.5) is 0 Å². The number of hydrogen-bond donors (Lipinski definition) is 0. The summed E-state index contributed by atoms with van der Waals surface area (Å²) in [4.78, 5) is 0. The van der Waals surface area contributed by atoms with Crippen molar-refractivity contribution in [2.75, 3.05) is 0 Å². The fourth-order valence-corrected chi connectivity index (χ4v) is 7.07. The van der Waals surface area contributed by atoms with E-state index >= 15 is 0 Å². The second kappa shape index (κ2) is 7.14. The Morgan fingerprint density at radius 1 is 1.08 bits per heavy atom. The lowest BCUT2D eigenvalue weighted by Gasteiger charge is -2.33. The van der Waals surface area contributed by atoms with Crippen molar-refractivity contribution in [2.24, 2.45) is 5.92 Å². The molecular formula is C22H33BO2Si. The zero-order valence-corrected chi connectivity index (χ0v) is 18.2. The van der Waals surface area contributed by atoms with Crippen molar-refractivity contribution in [1.82, 2.24) is 0 Å². The molecule has 2 nitrogen and oxygen atoms in total. The molecule has 1 atom stereocenters. The van der Waals surface area contributed by atoms with E-state index in [-0.39, 0.29) is 18.3 Å². The maximum absolute atomic E-state index is 6.32. The second-order valence-corrected chi connectivity index (χ2v) is 13.6. The molecule has 4 heteroatoms. The van der Waals surface area contributed by atoms with Crippen LogP contribution in [0.1, 0.15) is 47.0 Å². The van der Waals surface area contributed by atoms with Gasteiger partial charge in [-0.3, -0.25) is 0 Å². The molecule has 3 rings (SSSR count). The predicted molar refractivity (Wildman–Crippen MR) is 114 cm³/mol. The Labute approximate surface area is 160 Å². The van der Waals surface area contributed by atoms with E-state index in [2.05, 4.69) is 89.2 Å². The van der Waals surface area contributed by atoms with Crippen molar-refractivity contribution in [3.05, 3.63) is 53.7 Å². The maximum atomic E-state index is 6.32. The number of hydrogen-bond acceptors (Lipinski definition) is 2. The van der Waals surface area contributed by atoms with Crippen molar-refractivity contribution in [2.45, 2.75) is 71.3 Å². The highest BCUT2D eigenvalue weighted by Gasteiger charge is 2.51. The molecule has 140 valence electrons. The first kappa shape index (κ1) is 19.7. The Hall–Kier alpha value is -1.10. The molecule has 1 heterocycles. The van der Waals surface area contributed by atoms with E-state index in [0.717, 1.165) is 0 Å². The fraction of sp³-hybridized carbons (Fsp3) is 0.545. The van der Waals surface area contributed by atoms with Crippen LogP contribution in [0, 0.1) is 5.92 Å². The van der Waals surface area contributed by atoms with Crippen LogP contribution in [-0.2, 0) is 9.31 Å². The highest BCUT2D eigenvalue weighted by atomic mass is 28.3. The number of benzene rings is 1. The molecule has 1 aromatic carbocycles. The summed E-state index contributed by atoms with van der Waals surface area (Å²) in [5.74, 6) is 2.82. The van der Waals surface area contributed by atoms with Gasteiger partial charge in [0.1, 0.15) is 8.07 Å². The molecule has 1 fully saturated rings. The molecule has 2 aliphatic rings. The topological polar surface area (TPSA) is 18.5 Å². The first-order valence-corrected chi connectivity index (χ1v) is 12.9. The number of allylic oxidation sites excluding steroid dienone is 3. The van der Waals surface area contributed by atoms with Gasteiger partial charge in [-0.15, -0.1) is 0 Å². The minimum atomic E-state index is -1.81. The molecule has 0 bridgehead atoms.